The van der Waals surface area contributed by atoms with Crippen molar-refractivity contribution in [2.45, 2.75) is 13.8 Å². The van der Waals surface area contributed by atoms with Gasteiger partial charge in [0.15, 0.2) is 6.61 Å². The van der Waals surface area contributed by atoms with Gasteiger partial charge in [-0.3, -0.25) is 4.79 Å². The van der Waals surface area contributed by atoms with E-state index in [1.165, 1.54) is 7.11 Å². The fourth-order valence-corrected chi connectivity index (χ4v) is 2.51. The molecule has 1 aromatic carbocycles. The van der Waals surface area contributed by atoms with E-state index in [0.717, 1.165) is 5.69 Å². The third kappa shape index (κ3) is 2.88. The van der Waals surface area contributed by atoms with E-state index in [9.17, 15) is 9.59 Å². The van der Waals surface area contributed by atoms with E-state index in [1.807, 2.05) is 18.2 Å². The lowest BCUT2D eigenvalue weighted by Gasteiger charge is -2.06. The number of hydrogen-bond acceptors (Lipinski definition) is 4. The Bertz CT molecular complexity index is 701. The lowest BCUT2D eigenvalue weighted by atomic mass is 10.1. The summed E-state index contributed by atoms with van der Waals surface area (Å²) in [5, 5.41) is 0. The van der Waals surface area contributed by atoms with E-state index in [0.29, 0.717) is 22.6 Å². The number of carbonyl (C=O) groups excluding carboxylic acids is 2. The molecule has 0 saturated heterocycles. The second kappa shape index (κ2) is 6.47. The SMILES string of the molecule is COC(=O)c1c(C)c(C(=O)COc2ccccc2)c(C)n1C. The number of carbonyl (C=O) groups is 2. The molecule has 0 aliphatic heterocycles. The van der Waals surface area contributed by atoms with Gasteiger partial charge in [-0.05, 0) is 31.5 Å². The molecular formula is C17H19NO4. The first kappa shape index (κ1) is 15.8. The van der Waals surface area contributed by atoms with E-state index >= 15 is 0 Å². The number of rotatable bonds is 5. The van der Waals surface area contributed by atoms with Crippen LogP contribution in [0.4, 0.5) is 0 Å². The van der Waals surface area contributed by atoms with Gasteiger partial charge >= 0.3 is 5.97 Å². The summed E-state index contributed by atoms with van der Waals surface area (Å²) in [6.07, 6.45) is 0. The Balaban J connectivity index is 2.25. The standard InChI is InChI=1S/C17H19NO4/c1-11-15(12(2)18(3)16(11)17(20)21-4)14(19)10-22-13-8-6-5-7-9-13/h5-9H,10H2,1-4H3. The normalized spacial score (nSPS) is 10.4. The summed E-state index contributed by atoms with van der Waals surface area (Å²) < 4.78 is 11.9. The first-order valence-electron chi connectivity index (χ1n) is 6.92. The molecule has 2 rings (SSSR count). The van der Waals surface area contributed by atoms with Crippen molar-refractivity contribution >= 4 is 11.8 Å². The van der Waals surface area contributed by atoms with Crippen LogP contribution in [0.15, 0.2) is 30.3 Å². The highest BCUT2D eigenvalue weighted by Gasteiger charge is 2.25. The molecule has 116 valence electrons. The summed E-state index contributed by atoms with van der Waals surface area (Å²) in [4.78, 5) is 24.3. The van der Waals surface area contributed by atoms with Crippen LogP contribution < -0.4 is 4.74 Å². The van der Waals surface area contributed by atoms with Crippen molar-refractivity contribution in [1.29, 1.82) is 0 Å². The van der Waals surface area contributed by atoms with Crippen LogP contribution in [-0.2, 0) is 11.8 Å². The van der Waals surface area contributed by atoms with Gasteiger partial charge < -0.3 is 14.0 Å². The summed E-state index contributed by atoms with van der Waals surface area (Å²) in [5.74, 6) is 0.0195. The third-order valence-corrected chi connectivity index (χ3v) is 3.70. The molecule has 0 aliphatic rings. The number of esters is 1. The number of nitrogens with zero attached hydrogens (tertiary/aromatic N) is 1. The molecule has 2 aromatic rings. The second-order valence-corrected chi connectivity index (χ2v) is 5.01. The maximum atomic E-state index is 12.4. The first-order chi connectivity index (χ1) is 10.5. The number of benzene rings is 1. The van der Waals surface area contributed by atoms with Crippen LogP contribution in [0.5, 0.6) is 5.75 Å². The van der Waals surface area contributed by atoms with Crippen molar-refractivity contribution in [3.8, 4) is 5.75 Å². The zero-order valence-electron chi connectivity index (χ0n) is 13.2. The Labute approximate surface area is 129 Å². The Morgan fingerprint density at radius 2 is 1.77 bits per heavy atom. The zero-order valence-corrected chi connectivity index (χ0v) is 13.2. The molecule has 5 heteroatoms. The monoisotopic (exact) mass is 301 g/mol. The average molecular weight is 301 g/mol. The molecule has 0 bridgehead atoms. The molecule has 0 radical (unpaired) electrons. The second-order valence-electron chi connectivity index (χ2n) is 5.01. The van der Waals surface area contributed by atoms with Crippen LogP contribution in [-0.4, -0.2) is 30.0 Å². The predicted molar refractivity (Wildman–Crippen MR) is 82.5 cm³/mol. The van der Waals surface area contributed by atoms with E-state index in [4.69, 9.17) is 9.47 Å². The van der Waals surface area contributed by atoms with E-state index in [-0.39, 0.29) is 12.4 Å². The molecule has 0 atom stereocenters. The Morgan fingerprint density at radius 3 is 2.36 bits per heavy atom. The molecule has 0 N–H and O–H groups in total. The largest absolute Gasteiger partial charge is 0.485 e. The smallest absolute Gasteiger partial charge is 0.354 e. The van der Waals surface area contributed by atoms with Gasteiger partial charge in [0.25, 0.3) is 0 Å². The molecule has 5 nitrogen and oxygen atoms in total. The minimum atomic E-state index is -0.453. The lowest BCUT2D eigenvalue weighted by molar-refractivity contribution is 0.0588. The highest BCUT2D eigenvalue weighted by molar-refractivity contribution is 6.03. The molecular weight excluding hydrogens is 282 g/mol. The summed E-state index contributed by atoms with van der Waals surface area (Å²) in [6.45, 7) is 3.47. The molecule has 0 amide bonds. The maximum absolute atomic E-state index is 12.4. The number of ether oxygens (including phenoxy) is 2. The van der Waals surface area contributed by atoms with Gasteiger partial charge in [0.1, 0.15) is 11.4 Å². The van der Waals surface area contributed by atoms with Crippen molar-refractivity contribution in [1.82, 2.24) is 4.57 Å². The predicted octanol–water partition coefficient (Wildman–Crippen LogP) is 2.69. The highest BCUT2D eigenvalue weighted by Crippen LogP contribution is 2.22. The van der Waals surface area contributed by atoms with E-state index in [2.05, 4.69) is 0 Å². The summed E-state index contributed by atoms with van der Waals surface area (Å²) in [7, 11) is 3.06. The Hall–Kier alpha value is -2.56. The number of Topliss-reactive ketones (excluding diaryl/α,β-unsaturated/α-hetero) is 1. The Kier molecular flexibility index (Phi) is 4.65. The van der Waals surface area contributed by atoms with Crippen molar-refractivity contribution in [3.63, 3.8) is 0 Å². The van der Waals surface area contributed by atoms with Crippen LogP contribution in [0.25, 0.3) is 0 Å². The molecule has 0 aliphatic carbocycles. The number of para-hydroxylation sites is 1. The number of hydrogen-bond donors (Lipinski definition) is 0. The van der Waals surface area contributed by atoms with Gasteiger partial charge in [-0.2, -0.15) is 0 Å². The minimum Gasteiger partial charge on any atom is -0.485 e. The Morgan fingerprint density at radius 1 is 1.14 bits per heavy atom. The van der Waals surface area contributed by atoms with Gasteiger partial charge in [-0.1, -0.05) is 18.2 Å². The lowest BCUT2D eigenvalue weighted by Crippen LogP contribution is -2.13. The van der Waals surface area contributed by atoms with E-state index in [1.54, 1.807) is 37.6 Å². The van der Waals surface area contributed by atoms with Crippen LogP contribution in [0, 0.1) is 13.8 Å². The van der Waals surface area contributed by atoms with Crippen LogP contribution >= 0.6 is 0 Å². The number of methoxy groups -OCH3 is 1. The molecule has 0 unspecified atom stereocenters. The molecule has 1 aromatic heterocycles. The van der Waals surface area contributed by atoms with Gasteiger partial charge in [-0.25, -0.2) is 4.79 Å². The summed E-state index contributed by atoms with van der Waals surface area (Å²) in [5.41, 5.74) is 2.25. The van der Waals surface area contributed by atoms with Gasteiger partial charge in [0, 0.05) is 18.3 Å². The summed E-state index contributed by atoms with van der Waals surface area (Å²) in [6, 6.07) is 9.14. The van der Waals surface area contributed by atoms with Crippen LogP contribution in [0.1, 0.15) is 32.1 Å². The fourth-order valence-electron chi connectivity index (χ4n) is 2.51. The maximum Gasteiger partial charge on any atom is 0.354 e. The molecule has 1 heterocycles. The third-order valence-electron chi connectivity index (χ3n) is 3.70. The van der Waals surface area contributed by atoms with Crippen molar-refractivity contribution in [3.05, 3.63) is 52.8 Å². The minimum absolute atomic E-state index is 0.0731. The van der Waals surface area contributed by atoms with Crippen LogP contribution in [0.2, 0.25) is 0 Å². The zero-order chi connectivity index (χ0) is 16.3. The van der Waals surface area contributed by atoms with Crippen molar-refractivity contribution < 1.29 is 19.1 Å². The topological polar surface area (TPSA) is 57.5 Å². The van der Waals surface area contributed by atoms with Crippen molar-refractivity contribution in [2.24, 2.45) is 7.05 Å². The molecule has 0 spiro atoms. The van der Waals surface area contributed by atoms with E-state index < -0.39 is 5.97 Å². The highest BCUT2D eigenvalue weighted by atomic mass is 16.5. The summed E-state index contributed by atoms with van der Waals surface area (Å²) >= 11 is 0. The van der Waals surface area contributed by atoms with Crippen molar-refractivity contribution in [2.75, 3.05) is 13.7 Å². The van der Waals surface area contributed by atoms with Gasteiger partial charge in [0.2, 0.25) is 5.78 Å². The van der Waals surface area contributed by atoms with Gasteiger partial charge in [0.05, 0.1) is 7.11 Å². The molecule has 0 saturated carbocycles. The first-order valence-corrected chi connectivity index (χ1v) is 6.92. The number of aromatic nitrogens is 1. The average Bonchev–Trinajstić information content (AvgIpc) is 2.75. The van der Waals surface area contributed by atoms with Crippen LogP contribution in [0.3, 0.4) is 0 Å². The molecule has 0 fully saturated rings. The number of ketones is 1. The molecule has 22 heavy (non-hydrogen) atoms. The fraction of sp³-hybridized carbons (Fsp3) is 0.294. The van der Waals surface area contributed by atoms with Gasteiger partial charge in [-0.15, -0.1) is 0 Å². The quantitative estimate of drug-likeness (QED) is 0.629.